The van der Waals surface area contributed by atoms with Crippen LogP contribution in [0.15, 0.2) is 76.8 Å². The molecule has 0 radical (unpaired) electrons. The van der Waals surface area contributed by atoms with Crippen LogP contribution >= 0.6 is 0 Å². The van der Waals surface area contributed by atoms with Gasteiger partial charge in [0.2, 0.25) is 11.7 Å². The topological polar surface area (TPSA) is 68.5 Å². The van der Waals surface area contributed by atoms with Crippen molar-refractivity contribution in [2.24, 2.45) is 4.99 Å². The SMILES string of the molecule is COc1cn(Cc2ccccc2)c(Nc2cc(C3C=NC=CC3)ccc2C)nc1=O. The van der Waals surface area contributed by atoms with E-state index in [1.54, 1.807) is 6.20 Å². The van der Waals surface area contributed by atoms with Gasteiger partial charge in [-0.2, -0.15) is 4.98 Å². The number of methoxy groups -OCH3 is 1. The summed E-state index contributed by atoms with van der Waals surface area (Å²) in [4.78, 5) is 20.9. The van der Waals surface area contributed by atoms with Crippen LogP contribution in [0.4, 0.5) is 11.6 Å². The fraction of sp³-hybridized carbons (Fsp3) is 0.208. The molecule has 0 bridgehead atoms. The smallest absolute Gasteiger partial charge is 0.316 e. The summed E-state index contributed by atoms with van der Waals surface area (Å²) in [6, 6.07) is 16.3. The zero-order valence-electron chi connectivity index (χ0n) is 17.1. The molecule has 1 atom stereocenters. The predicted molar refractivity (Wildman–Crippen MR) is 120 cm³/mol. The number of nitrogens with one attached hydrogen (secondary N) is 1. The summed E-state index contributed by atoms with van der Waals surface area (Å²) in [6.07, 6.45) is 8.48. The highest BCUT2D eigenvalue weighted by Gasteiger charge is 2.14. The van der Waals surface area contributed by atoms with Gasteiger partial charge in [-0.3, -0.25) is 9.79 Å². The van der Waals surface area contributed by atoms with Crippen molar-refractivity contribution < 1.29 is 4.74 Å². The molecule has 0 saturated carbocycles. The zero-order valence-corrected chi connectivity index (χ0v) is 17.1. The number of hydrogen-bond donors (Lipinski definition) is 1. The van der Waals surface area contributed by atoms with Crippen molar-refractivity contribution in [3.8, 4) is 5.75 Å². The van der Waals surface area contributed by atoms with E-state index in [1.807, 2.05) is 54.2 Å². The van der Waals surface area contributed by atoms with Crippen molar-refractivity contribution >= 4 is 17.9 Å². The first-order valence-corrected chi connectivity index (χ1v) is 9.89. The van der Waals surface area contributed by atoms with E-state index in [0.29, 0.717) is 12.5 Å². The Morgan fingerprint density at radius 2 is 2.03 bits per heavy atom. The number of hydrogen-bond acceptors (Lipinski definition) is 5. The lowest BCUT2D eigenvalue weighted by atomic mass is 9.94. The highest BCUT2D eigenvalue weighted by molar-refractivity contribution is 5.72. The molecule has 6 nitrogen and oxygen atoms in total. The lowest BCUT2D eigenvalue weighted by Gasteiger charge is -2.18. The summed E-state index contributed by atoms with van der Waals surface area (Å²) in [6.45, 7) is 2.59. The van der Waals surface area contributed by atoms with E-state index >= 15 is 0 Å². The Kier molecular flexibility index (Phi) is 5.75. The van der Waals surface area contributed by atoms with E-state index in [1.165, 1.54) is 12.7 Å². The van der Waals surface area contributed by atoms with Crippen molar-refractivity contribution in [1.82, 2.24) is 9.55 Å². The molecule has 0 saturated heterocycles. The third kappa shape index (κ3) is 4.33. The van der Waals surface area contributed by atoms with Gasteiger partial charge in [0.05, 0.1) is 19.9 Å². The molecule has 2 heterocycles. The first-order chi connectivity index (χ1) is 14.6. The fourth-order valence-corrected chi connectivity index (χ4v) is 3.44. The molecule has 1 unspecified atom stereocenters. The van der Waals surface area contributed by atoms with E-state index in [2.05, 4.69) is 39.6 Å². The number of ether oxygens (including phenoxy) is 1. The van der Waals surface area contributed by atoms with Crippen molar-refractivity contribution in [1.29, 1.82) is 0 Å². The Hall–Kier alpha value is -3.67. The van der Waals surface area contributed by atoms with Gasteiger partial charge in [0.15, 0.2) is 0 Å². The molecule has 3 aromatic rings. The molecular weight excluding hydrogens is 376 g/mol. The molecule has 0 spiro atoms. The summed E-state index contributed by atoms with van der Waals surface area (Å²) < 4.78 is 7.10. The van der Waals surface area contributed by atoms with Crippen molar-refractivity contribution in [2.45, 2.75) is 25.8 Å². The summed E-state index contributed by atoms with van der Waals surface area (Å²) in [5.41, 5.74) is 3.85. The molecular formula is C24H24N4O2. The number of anilines is 2. The first kappa shape index (κ1) is 19.6. The summed E-state index contributed by atoms with van der Waals surface area (Å²) >= 11 is 0. The number of rotatable bonds is 6. The van der Waals surface area contributed by atoms with E-state index in [-0.39, 0.29) is 11.7 Å². The van der Waals surface area contributed by atoms with E-state index in [0.717, 1.165) is 23.2 Å². The molecule has 0 aliphatic carbocycles. The standard InChI is InChI=1S/C24H24N4O2/c1-17-10-11-19(20-9-6-12-25-14-20)13-21(17)26-24-27-23(29)22(30-2)16-28(24)15-18-7-4-3-5-8-18/h3-8,10-14,16,20H,9,15H2,1-2H3,(H,26,27,29). The Bertz CT molecular complexity index is 1150. The maximum atomic E-state index is 12.4. The molecule has 1 aliphatic heterocycles. The van der Waals surface area contributed by atoms with Gasteiger partial charge in [-0.05, 0) is 36.1 Å². The molecule has 4 rings (SSSR count). The minimum atomic E-state index is -0.400. The fourth-order valence-electron chi connectivity index (χ4n) is 3.44. The van der Waals surface area contributed by atoms with E-state index in [4.69, 9.17) is 4.74 Å². The number of aromatic nitrogens is 2. The monoisotopic (exact) mass is 400 g/mol. The highest BCUT2D eigenvalue weighted by Crippen LogP contribution is 2.27. The Morgan fingerprint density at radius 1 is 1.20 bits per heavy atom. The van der Waals surface area contributed by atoms with E-state index in [9.17, 15) is 4.79 Å². The number of allylic oxidation sites excluding steroid dienone is 1. The van der Waals surface area contributed by atoms with Crippen LogP contribution in [-0.2, 0) is 6.54 Å². The average Bonchev–Trinajstić information content (AvgIpc) is 2.78. The Balaban J connectivity index is 1.70. The van der Waals surface area contributed by atoms with Crippen molar-refractivity contribution in [3.63, 3.8) is 0 Å². The van der Waals surface area contributed by atoms with Gasteiger partial charge in [-0.25, -0.2) is 0 Å². The molecule has 0 amide bonds. The Morgan fingerprint density at radius 3 is 2.77 bits per heavy atom. The number of nitrogens with zero attached hydrogens (tertiary/aromatic N) is 3. The van der Waals surface area contributed by atoms with E-state index < -0.39 is 5.56 Å². The molecule has 1 aromatic heterocycles. The molecule has 6 heteroatoms. The van der Waals surface area contributed by atoms with Gasteiger partial charge in [-0.15, -0.1) is 0 Å². The van der Waals surface area contributed by atoms with Crippen LogP contribution in [0.2, 0.25) is 0 Å². The summed E-state index contributed by atoms with van der Waals surface area (Å²) in [5.74, 6) is 0.931. The lowest BCUT2D eigenvalue weighted by molar-refractivity contribution is 0.402. The minimum absolute atomic E-state index is 0.215. The van der Waals surface area contributed by atoms with Crippen LogP contribution in [0.5, 0.6) is 5.75 Å². The zero-order chi connectivity index (χ0) is 20.9. The van der Waals surface area contributed by atoms with Crippen molar-refractivity contribution in [3.05, 3.63) is 94.0 Å². The van der Waals surface area contributed by atoms with Gasteiger partial charge in [0.1, 0.15) is 0 Å². The third-order valence-electron chi connectivity index (χ3n) is 5.16. The Labute approximate surface area is 175 Å². The number of benzene rings is 2. The van der Waals surface area contributed by atoms with Gasteiger partial charge >= 0.3 is 5.56 Å². The first-order valence-electron chi connectivity index (χ1n) is 9.89. The molecule has 1 N–H and O–H groups in total. The number of aliphatic imine (C=N–C) groups is 1. The lowest BCUT2D eigenvalue weighted by Crippen LogP contribution is -2.19. The average molecular weight is 400 g/mol. The van der Waals surface area contributed by atoms with Crippen LogP contribution < -0.4 is 15.6 Å². The quantitative estimate of drug-likeness (QED) is 0.665. The second kappa shape index (κ2) is 8.78. The van der Waals surface area contributed by atoms with Gasteiger partial charge < -0.3 is 14.6 Å². The van der Waals surface area contributed by atoms with Crippen LogP contribution in [0.3, 0.4) is 0 Å². The largest absolute Gasteiger partial charge is 0.490 e. The maximum Gasteiger partial charge on any atom is 0.316 e. The minimum Gasteiger partial charge on any atom is -0.490 e. The molecule has 1 aliphatic rings. The highest BCUT2D eigenvalue weighted by atomic mass is 16.5. The summed E-state index contributed by atoms with van der Waals surface area (Å²) in [7, 11) is 1.48. The van der Waals surface area contributed by atoms with Crippen LogP contribution in [-0.4, -0.2) is 22.9 Å². The van der Waals surface area contributed by atoms with Gasteiger partial charge in [0.25, 0.3) is 0 Å². The molecule has 2 aromatic carbocycles. The normalized spacial score (nSPS) is 15.2. The third-order valence-corrected chi connectivity index (χ3v) is 5.16. The predicted octanol–water partition coefficient (Wildman–Crippen LogP) is 4.42. The maximum absolute atomic E-state index is 12.4. The van der Waals surface area contributed by atoms with Gasteiger partial charge in [0, 0.05) is 24.0 Å². The van der Waals surface area contributed by atoms with Crippen LogP contribution in [0.25, 0.3) is 0 Å². The summed E-state index contributed by atoms with van der Waals surface area (Å²) in [5, 5.41) is 3.37. The molecule has 30 heavy (non-hydrogen) atoms. The second-order valence-electron chi connectivity index (χ2n) is 7.28. The van der Waals surface area contributed by atoms with Crippen molar-refractivity contribution in [2.75, 3.05) is 12.4 Å². The van der Waals surface area contributed by atoms with Crippen LogP contribution in [0, 0.1) is 6.92 Å². The van der Waals surface area contributed by atoms with Crippen LogP contribution in [0.1, 0.15) is 29.0 Å². The van der Waals surface area contributed by atoms with Gasteiger partial charge in [-0.1, -0.05) is 48.5 Å². The number of aryl methyl sites for hydroxylation is 1. The molecule has 0 fully saturated rings. The molecule has 152 valence electrons. The second-order valence-corrected chi connectivity index (χ2v) is 7.28.